The Labute approximate surface area is 223 Å². The van der Waals surface area contributed by atoms with Crippen LogP contribution < -0.4 is 18.9 Å². The van der Waals surface area contributed by atoms with Crippen molar-refractivity contribution in [1.29, 1.82) is 0 Å². The van der Waals surface area contributed by atoms with Gasteiger partial charge in [0.1, 0.15) is 23.0 Å². The van der Waals surface area contributed by atoms with Gasteiger partial charge < -0.3 is 28.4 Å². The topological polar surface area (TPSA) is 55.4 Å². The first-order chi connectivity index (χ1) is 17.1. The van der Waals surface area contributed by atoms with Crippen molar-refractivity contribution in [2.24, 2.45) is 0 Å². The third-order valence-electron chi connectivity index (χ3n) is 4.44. The average Bonchev–Trinajstić information content (AvgIpc) is 2.84. The molecule has 0 aromatic heterocycles. The molecule has 0 bridgehead atoms. The molecule has 2 aromatic carbocycles. The zero-order chi connectivity index (χ0) is 25.5. The number of rotatable bonds is 18. The van der Waals surface area contributed by atoms with Crippen LogP contribution >= 0.6 is 35.3 Å². The van der Waals surface area contributed by atoms with E-state index in [9.17, 15) is 0 Å². The van der Waals surface area contributed by atoms with E-state index in [0.717, 1.165) is 42.6 Å². The van der Waals surface area contributed by atoms with E-state index in [1.54, 1.807) is 35.3 Å². The van der Waals surface area contributed by atoms with Gasteiger partial charge in [0.2, 0.25) is 0 Å². The molecule has 2 aromatic rings. The number of thioether (sulfide) groups is 2. The van der Waals surface area contributed by atoms with Crippen LogP contribution in [0.4, 0.5) is 0 Å². The van der Waals surface area contributed by atoms with Crippen molar-refractivity contribution in [1.82, 2.24) is 0 Å². The lowest BCUT2D eigenvalue weighted by Crippen LogP contribution is -2.01. The predicted molar refractivity (Wildman–Crippen MR) is 146 cm³/mol. The van der Waals surface area contributed by atoms with Crippen molar-refractivity contribution in [2.75, 3.05) is 51.5 Å². The number of ether oxygens (including phenoxy) is 6. The highest BCUT2D eigenvalue weighted by Crippen LogP contribution is 2.47. The van der Waals surface area contributed by atoms with Gasteiger partial charge in [0.05, 0.1) is 57.9 Å². The van der Waals surface area contributed by atoms with Gasteiger partial charge in [0.25, 0.3) is 0 Å². The van der Waals surface area contributed by atoms with E-state index in [1.165, 1.54) is 0 Å². The highest BCUT2D eigenvalue weighted by Gasteiger charge is 2.19. The highest BCUT2D eigenvalue weighted by atomic mass is 32.2. The monoisotopic (exact) mass is 542 g/mol. The average molecular weight is 543 g/mol. The molecule has 6 nitrogen and oxygen atoms in total. The lowest BCUT2D eigenvalue weighted by atomic mass is 10.3. The summed E-state index contributed by atoms with van der Waals surface area (Å²) in [6.07, 6.45) is 0. The van der Waals surface area contributed by atoms with E-state index in [4.69, 9.17) is 28.4 Å². The molecule has 35 heavy (non-hydrogen) atoms. The quantitative estimate of drug-likeness (QED) is 0.108. The van der Waals surface area contributed by atoms with Crippen LogP contribution in [0.5, 0.6) is 23.0 Å². The van der Waals surface area contributed by atoms with Gasteiger partial charge in [-0.3, -0.25) is 0 Å². The molecule has 0 amide bonds. The fourth-order valence-electron chi connectivity index (χ4n) is 3.00. The van der Waals surface area contributed by atoms with Crippen LogP contribution in [0.1, 0.15) is 41.5 Å². The minimum atomic E-state index is 0.557. The van der Waals surface area contributed by atoms with E-state index in [2.05, 4.69) is 0 Å². The Hall–Kier alpha value is -1.39. The lowest BCUT2D eigenvalue weighted by molar-refractivity contribution is 0.199. The molecule has 196 valence electrons. The minimum absolute atomic E-state index is 0.557. The molecule has 0 aliphatic carbocycles. The molecule has 0 fully saturated rings. The Bertz CT molecular complexity index is 822. The Morgan fingerprint density at radius 3 is 1.09 bits per heavy atom. The third kappa shape index (κ3) is 9.53. The van der Waals surface area contributed by atoms with Gasteiger partial charge in [0.15, 0.2) is 0 Å². The predicted octanol–water partition coefficient (Wildman–Crippen LogP) is 7.60. The summed E-state index contributed by atoms with van der Waals surface area (Å²) in [5, 5.41) is 0. The van der Waals surface area contributed by atoms with Crippen molar-refractivity contribution >= 4 is 35.3 Å². The summed E-state index contributed by atoms with van der Waals surface area (Å²) in [5.74, 6) is 4.35. The van der Waals surface area contributed by atoms with Crippen molar-refractivity contribution in [2.45, 2.75) is 61.1 Å². The summed E-state index contributed by atoms with van der Waals surface area (Å²) in [4.78, 5) is 3.90. The standard InChI is InChI=1S/C26H38O6S3/c1-7-27-17-33-23-13-21(31-11-5)25(15-19(23)29-9-3)35-26-16-20(30-10-4)24(34-18-28-8-2)14-22(26)32-12-6/h13-16H,7-12,17-18H2,1-6H3. The van der Waals surface area contributed by atoms with E-state index in [-0.39, 0.29) is 0 Å². The molecule has 0 aliphatic heterocycles. The maximum atomic E-state index is 6.03. The second-order valence-electron chi connectivity index (χ2n) is 6.84. The van der Waals surface area contributed by atoms with Crippen LogP contribution in [-0.2, 0) is 9.47 Å². The smallest absolute Gasteiger partial charge is 0.134 e. The fraction of sp³-hybridized carbons (Fsp3) is 0.538. The van der Waals surface area contributed by atoms with Crippen LogP contribution in [0.3, 0.4) is 0 Å². The van der Waals surface area contributed by atoms with E-state index in [1.807, 2.05) is 65.8 Å². The SMILES string of the molecule is CCOCSc1cc(OCC)c(Sc2cc(OCC)c(SCOCC)cc2OCC)cc1OCC. The second kappa shape index (κ2) is 17.1. The molecule has 0 saturated heterocycles. The molecule has 0 radical (unpaired) electrons. The van der Waals surface area contributed by atoms with Crippen molar-refractivity contribution in [3.63, 3.8) is 0 Å². The molecule has 0 N–H and O–H groups in total. The maximum Gasteiger partial charge on any atom is 0.134 e. The minimum Gasteiger partial charge on any atom is -0.493 e. The van der Waals surface area contributed by atoms with Gasteiger partial charge in [0, 0.05) is 13.2 Å². The third-order valence-corrected chi connectivity index (χ3v) is 7.35. The Kier molecular flexibility index (Phi) is 14.6. The van der Waals surface area contributed by atoms with Gasteiger partial charge >= 0.3 is 0 Å². The van der Waals surface area contributed by atoms with Crippen molar-refractivity contribution in [3.05, 3.63) is 24.3 Å². The Morgan fingerprint density at radius 2 is 0.771 bits per heavy atom. The molecule has 0 saturated carbocycles. The molecular weight excluding hydrogens is 504 g/mol. The first-order valence-electron chi connectivity index (χ1n) is 12.1. The summed E-state index contributed by atoms with van der Waals surface area (Å²) >= 11 is 4.79. The largest absolute Gasteiger partial charge is 0.493 e. The summed E-state index contributed by atoms with van der Waals surface area (Å²) < 4.78 is 35.1. The van der Waals surface area contributed by atoms with E-state index >= 15 is 0 Å². The fourth-order valence-corrected chi connectivity index (χ4v) is 5.66. The van der Waals surface area contributed by atoms with Crippen LogP contribution in [0.2, 0.25) is 0 Å². The first kappa shape index (κ1) is 29.8. The zero-order valence-corrected chi connectivity index (χ0v) is 24.1. The molecule has 0 atom stereocenters. The van der Waals surface area contributed by atoms with E-state index in [0.29, 0.717) is 51.5 Å². The molecule has 9 heteroatoms. The normalized spacial score (nSPS) is 10.9. The van der Waals surface area contributed by atoms with Gasteiger partial charge in [-0.15, -0.1) is 0 Å². The van der Waals surface area contributed by atoms with Gasteiger partial charge in [-0.2, -0.15) is 0 Å². The molecule has 0 aliphatic rings. The molecule has 0 unspecified atom stereocenters. The number of hydrogen-bond donors (Lipinski definition) is 0. The van der Waals surface area contributed by atoms with Gasteiger partial charge in [-0.05, 0) is 65.8 Å². The summed E-state index contributed by atoms with van der Waals surface area (Å²) in [7, 11) is 0. The molecule has 2 rings (SSSR count). The van der Waals surface area contributed by atoms with Crippen LogP contribution in [0.15, 0.2) is 43.8 Å². The molecular formula is C26H38O6S3. The summed E-state index contributed by atoms with van der Waals surface area (Å²) in [5.41, 5.74) is 0. The maximum absolute atomic E-state index is 6.03. The number of benzene rings is 2. The molecule has 0 heterocycles. The first-order valence-corrected chi connectivity index (χ1v) is 14.9. The van der Waals surface area contributed by atoms with E-state index < -0.39 is 0 Å². The van der Waals surface area contributed by atoms with Gasteiger partial charge in [-0.25, -0.2) is 0 Å². The van der Waals surface area contributed by atoms with Crippen LogP contribution in [0, 0.1) is 0 Å². The Morgan fingerprint density at radius 1 is 0.457 bits per heavy atom. The zero-order valence-electron chi connectivity index (χ0n) is 21.6. The molecule has 0 spiro atoms. The van der Waals surface area contributed by atoms with Crippen LogP contribution in [0.25, 0.3) is 0 Å². The highest BCUT2D eigenvalue weighted by molar-refractivity contribution is 8.00. The van der Waals surface area contributed by atoms with Crippen molar-refractivity contribution < 1.29 is 28.4 Å². The summed E-state index contributed by atoms with van der Waals surface area (Å²) in [6, 6.07) is 8.16. The van der Waals surface area contributed by atoms with Crippen LogP contribution in [-0.4, -0.2) is 51.5 Å². The second-order valence-corrected chi connectivity index (χ2v) is 9.85. The summed E-state index contributed by atoms with van der Waals surface area (Å²) in [6.45, 7) is 15.5. The van der Waals surface area contributed by atoms with Gasteiger partial charge in [-0.1, -0.05) is 35.3 Å². The number of hydrogen-bond acceptors (Lipinski definition) is 9. The lowest BCUT2D eigenvalue weighted by Gasteiger charge is -2.19. The Balaban J connectivity index is 2.49. The van der Waals surface area contributed by atoms with Crippen molar-refractivity contribution in [3.8, 4) is 23.0 Å².